The zero-order valence-corrected chi connectivity index (χ0v) is 14.5. The van der Waals surface area contributed by atoms with Gasteiger partial charge in [0.15, 0.2) is 5.17 Å². The highest BCUT2D eigenvalue weighted by Crippen LogP contribution is 2.42. The van der Waals surface area contributed by atoms with Gasteiger partial charge in [-0.25, -0.2) is 0 Å². The van der Waals surface area contributed by atoms with E-state index in [1.165, 1.54) is 37.9 Å². The van der Waals surface area contributed by atoms with Crippen LogP contribution in [0.5, 0.6) is 0 Å². The molecule has 1 heterocycles. The molecule has 5 heteroatoms. The van der Waals surface area contributed by atoms with Gasteiger partial charge in [-0.1, -0.05) is 42.6 Å². The minimum Gasteiger partial charge on any atom is -0.334 e. The van der Waals surface area contributed by atoms with Crippen molar-refractivity contribution >= 4 is 50.1 Å². The SMILES string of the molecule is Clc1ccc(NC2=NCC3(CCCCC3)CS2)c(Br)c1. The highest BCUT2D eigenvalue weighted by Gasteiger charge is 2.34. The zero-order valence-electron chi connectivity index (χ0n) is 11.3. The molecule has 1 aromatic rings. The molecule has 20 heavy (non-hydrogen) atoms. The molecule has 1 aliphatic carbocycles. The third kappa shape index (κ3) is 3.34. The molecular weight excluding hydrogens is 356 g/mol. The third-order valence-electron chi connectivity index (χ3n) is 4.16. The number of nitrogens with one attached hydrogen (secondary N) is 1. The maximum Gasteiger partial charge on any atom is 0.161 e. The van der Waals surface area contributed by atoms with Crippen LogP contribution in [-0.4, -0.2) is 17.5 Å². The standard InChI is InChI=1S/C15H18BrClN2S/c16-12-8-11(17)4-5-13(12)19-14-18-9-15(10-20-14)6-2-1-3-7-15/h4-5,8H,1-3,6-7,9-10H2,(H,18,19). The molecule has 0 unspecified atom stereocenters. The number of benzene rings is 1. The third-order valence-corrected chi connectivity index (χ3v) is 6.31. The second kappa shape index (κ2) is 6.29. The second-order valence-corrected chi connectivity index (χ2v) is 7.97. The highest BCUT2D eigenvalue weighted by atomic mass is 79.9. The maximum atomic E-state index is 5.96. The van der Waals surface area contributed by atoms with E-state index >= 15 is 0 Å². The van der Waals surface area contributed by atoms with Crippen molar-refractivity contribution in [2.24, 2.45) is 10.4 Å². The number of nitrogens with zero attached hydrogens (tertiary/aromatic N) is 1. The molecule has 0 aromatic heterocycles. The lowest BCUT2D eigenvalue weighted by molar-refractivity contribution is 0.232. The molecular formula is C15H18BrClN2S. The fraction of sp³-hybridized carbons (Fsp3) is 0.533. The number of halogens is 2. The molecule has 1 N–H and O–H groups in total. The fourth-order valence-corrected chi connectivity index (χ4v) is 4.88. The number of aliphatic imine (C=N–C) groups is 1. The molecule has 1 fully saturated rings. The molecule has 0 atom stereocenters. The molecule has 108 valence electrons. The normalized spacial score (nSPS) is 21.6. The van der Waals surface area contributed by atoms with Crippen molar-refractivity contribution in [3.63, 3.8) is 0 Å². The van der Waals surface area contributed by atoms with E-state index in [1.807, 2.05) is 30.0 Å². The van der Waals surface area contributed by atoms with E-state index in [0.717, 1.165) is 26.9 Å². The number of amidine groups is 1. The van der Waals surface area contributed by atoms with Crippen LogP contribution >= 0.6 is 39.3 Å². The number of thioether (sulfide) groups is 1. The maximum absolute atomic E-state index is 5.96. The fourth-order valence-electron chi connectivity index (χ4n) is 2.94. The lowest BCUT2D eigenvalue weighted by Gasteiger charge is -2.38. The summed E-state index contributed by atoms with van der Waals surface area (Å²) in [5, 5.41) is 5.18. The Morgan fingerprint density at radius 3 is 2.70 bits per heavy atom. The van der Waals surface area contributed by atoms with Crippen LogP contribution in [0.25, 0.3) is 0 Å². The van der Waals surface area contributed by atoms with Gasteiger partial charge in [0.05, 0.1) is 5.69 Å². The van der Waals surface area contributed by atoms with Gasteiger partial charge in [0, 0.05) is 21.8 Å². The Morgan fingerprint density at radius 2 is 2.05 bits per heavy atom. The van der Waals surface area contributed by atoms with Crippen molar-refractivity contribution in [2.45, 2.75) is 32.1 Å². The Bertz CT molecular complexity index is 527. The molecule has 1 spiro atoms. The van der Waals surface area contributed by atoms with Crippen LogP contribution in [0.3, 0.4) is 0 Å². The summed E-state index contributed by atoms with van der Waals surface area (Å²) in [6.45, 7) is 0.980. The second-order valence-electron chi connectivity index (χ2n) is 5.72. The molecule has 1 saturated carbocycles. The number of hydrogen-bond donors (Lipinski definition) is 1. The molecule has 0 amide bonds. The summed E-state index contributed by atoms with van der Waals surface area (Å²) in [6, 6.07) is 5.78. The van der Waals surface area contributed by atoms with E-state index in [0.29, 0.717) is 5.41 Å². The Hall–Kier alpha value is -0.190. The molecule has 3 rings (SSSR count). The molecule has 1 aliphatic heterocycles. The van der Waals surface area contributed by atoms with Crippen LogP contribution in [0.15, 0.2) is 27.7 Å². The van der Waals surface area contributed by atoms with Gasteiger partial charge >= 0.3 is 0 Å². The lowest BCUT2D eigenvalue weighted by Crippen LogP contribution is -2.35. The Labute approximate surface area is 137 Å². The van der Waals surface area contributed by atoms with Gasteiger partial charge < -0.3 is 5.32 Å². The van der Waals surface area contributed by atoms with E-state index in [2.05, 4.69) is 21.2 Å². The van der Waals surface area contributed by atoms with Gasteiger partial charge in [-0.15, -0.1) is 0 Å². The first-order valence-electron chi connectivity index (χ1n) is 7.06. The van der Waals surface area contributed by atoms with Gasteiger partial charge in [0.25, 0.3) is 0 Å². The first-order chi connectivity index (χ1) is 9.67. The molecule has 0 radical (unpaired) electrons. The highest BCUT2D eigenvalue weighted by molar-refractivity contribution is 9.10. The van der Waals surface area contributed by atoms with Crippen LogP contribution in [-0.2, 0) is 0 Å². The van der Waals surface area contributed by atoms with Gasteiger partial charge in [-0.2, -0.15) is 0 Å². The van der Waals surface area contributed by atoms with E-state index in [-0.39, 0.29) is 0 Å². The predicted octanol–water partition coefficient (Wildman–Crippen LogP) is 5.57. The van der Waals surface area contributed by atoms with Gasteiger partial charge in [-0.3, -0.25) is 4.99 Å². The largest absolute Gasteiger partial charge is 0.334 e. The first kappa shape index (κ1) is 14.7. The van der Waals surface area contributed by atoms with Gasteiger partial charge in [-0.05, 0) is 52.4 Å². The summed E-state index contributed by atoms with van der Waals surface area (Å²) < 4.78 is 0.978. The van der Waals surface area contributed by atoms with Crippen LogP contribution in [0.4, 0.5) is 5.69 Å². The van der Waals surface area contributed by atoms with E-state index in [1.54, 1.807) is 0 Å². The van der Waals surface area contributed by atoms with E-state index < -0.39 is 0 Å². The minimum absolute atomic E-state index is 0.478. The minimum atomic E-state index is 0.478. The summed E-state index contributed by atoms with van der Waals surface area (Å²) in [5.74, 6) is 1.20. The average molecular weight is 374 g/mol. The van der Waals surface area contributed by atoms with Crippen LogP contribution in [0.1, 0.15) is 32.1 Å². The van der Waals surface area contributed by atoms with E-state index in [4.69, 9.17) is 16.6 Å². The summed E-state index contributed by atoms with van der Waals surface area (Å²) in [5.41, 5.74) is 1.51. The van der Waals surface area contributed by atoms with Crippen molar-refractivity contribution in [3.8, 4) is 0 Å². The number of hydrogen-bond acceptors (Lipinski definition) is 3. The van der Waals surface area contributed by atoms with Crippen molar-refractivity contribution < 1.29 is 0 Å². The molecule has 0 bridgehead atoms. The van der Waals surface area contributed by atoms with Crippen LogP contribution < -0.4 is 5.32 Å². The van der Waals surface area contributed by atoms with Gasteiger partial charge in [0.2, 0.25) is 0 Å². The topological polar surface area (TPSA) is 24.4 Å². The lowest BCUT2D eigenvalue weighted by atomic mass is 9.75. The van der Waals surface area contributed by atoms with Crippen LogP contribution in [0, 0.1) is 5.41 Å². The molecule has 1 aromatic carbocycles. The van der Waals surface area contributed by atoms with Crippen molar-refractivity contribution in [1.82, 2.24) is 0 Å². The summed E-state index contributed by atoms with van der Waals surface area (Å²) >= 11 is 11.4. The smallest absolute Gasteiger partial charge is 0.161 e. The summed E-state index contributed by atoms with van der Waals surface area (Å²) in [6.07, 6.45) is 6.85. The quantitative estimate of drug-likeness (QED) is 0.696. The molecule has 2 aliphatic rings. The number of anilines is 1. The van der Waals surface area contributed by atoms with E-state index in [9.17, 15) is 0 Å². The Kier molecular flexibility index (Phi) is 4.63. The Morgan fingerprint density at radius 1 is 1.25 bits per heavy atom. The predicted molar refractivity (Wildman–Crippen MR) is 93.1 cm³/mol. The summed E-state index contributed by atoms with van der Waals surface area (Å²) in [7, 11) is 0. The van der Waals surface area contributed by atoms with Crippen molar-refractivity contribution in [1.29, 1.82) is 0 Å². The number of rotatable bonds is 1. The summed E-state index contributed by atoms with van der Waals surface area (Å²) in [4.78, 5) is 4.78. The van der Waals surface area contributed by atoms with Gasteiger partial charge in [0.1, 0.15) is 0 Å². The molecule has 0 saturated heterocycles. The Balaban J connectivity index is 1.67. The molecule has 2 nitrogen and oxygen atoms in total. The van der Waals surface area contributed by atoms with Crippen molar-refractivity contribution in [3.05, 3.63) is 27.7 Å². The van der Waals surface area contributed by atoms with Crippen molar-refractivity contribution in [2.75, 3.05) is 17.6 Å². The first-order valence-corrected chi connectivity index (χ1v) is 9.22. The van der Waals surface area contributed by atoms with Crippen LogP contribution in [0.2, 0.25) is 5.02 Å². The monoisotopic (exact) mass is 372 g/mol. The average Bonchev–Trinajstić information content (AvgIpc) is 2.45. The zero-order chi connectivity index (χ0) is 14.0.